The number of hydrogen-bond donors (Lipinski definition) is 1. The number of fused-ring (bicyclic) bond motifs is 1. The van der Waals surface area contributed by atoms with Crippen LogP contribution >= 0.6 is 0 Å². The first-order chi connectivity index (χ1) is 11.7. The van der Waals surface area contributed by atoms with Gasteiger partial charge in [0.1, 0.15) is 5.69 Å². The molecular weight excluding hydrogens is 302 g/mol. The highest BCUT2D eigenvalue weighted by atomic mass is 16.2. The van der Waals surface area contributed by atoms with E-state index in [-0.39, 0.29) is 5.91 Å². The summed E-state index contributed by atoms with van der Waals surface area (Å²) in [7, 11) is 1.87. The summed E-state index contributed by atoms with van der Waals surface area (Å²) in [6.45, 7) is 1.36. The molecular formula is C18H19N5O. The highest BCUT2D eigenvalue weighted by Gasteiger charge is 2.24. The van der Waals surface area contributed by atoms with Gasteiger partial charge < -0.3 is 9.47 Å². The number of carbonyl (C=O) groups is 1. The first kappa shape index (κ1) is 14.7. The molecule has 0 aliphatic carbocycles. The zero-order valence-corrected chi connectivity index (χ0v) is 13.6. The highest BCUT2D eigenvalue weighted by Crippen LogP contribution is 2.26. The van der Waals surface area contributed by atoms with Gasteiger partial charge in [-0.1, -0.05) is 30.3 Å². The van der Waals surface area contributed by atoms with Crippen LogP contribution in [0.3, 0.4) is 0 Å². The maximum atomic E-state index is 12.6. The molecule has 1 aliphatic heterocycles. The van der Waals surface area contributed by atoms with Gasteiger partial charge in [-0.3, -0.25) is 9.89 Å². The zero-order chi connectivity index (χ0) is 16.5. The number of aryl methyl sites for hydroxylation is 1. The fourth-order valence-electron chi connectivity index (χ4n) is 3.21. The number of nitrogens with zero attached hydrogens (tertiary/aromatic N) is 4. The minimum absolute atomic E-state index is 0.00465. The second-order valence-corrected chi connectivity index (χ2v) is 6.11. The van der Waals surface area contributed by atoms with Crippen molar-refractivity contribution in [1.82, 2.24) is 24.6 Å². The fraction of sp³-hybridized carbons (Fsp3) is 0.278. The molecule has 0 unspecified atom stereocenters. The van der Waals surface area contributed by atoms with E-state index in [4.69, 9.17) is 0 Å². The smallest absolute Gasteiger partial charge is 0.274 e. The Hall–Kier alpha value is -2.89. The van der Waals surface area contributed by atoms with Crippen LogP contribution in [-0.2, 0) is 19.9 Å². The van der Waals surface area contributed by atoms with Gasteiger partial charge in [0.25, 0.3) is 5.91 Å². The summed E-state index contributed by atoms with van der Waals surface area (Å²) >= 11 is 0. The molecule has 1 amide bonds. The average molecular weight is 321 g/mol. The van der Waals surface area contributed by atoms with E-state index in [0.717, 1.165) is 29.8 Å². The van der Waals surface area contributed by atoms with E-state index in [0.29, 0.717) is 18.8 Å². The maximum Gasteiger partial charge on any atom is 0.274 e. The zero-order valence-electron chi connectivity index (χ0n) is 13.6. The predicted molar refractivity (Wildman–Crippen MR) is 90.5 cm³/mol. The van der Waals surface area contributed by atoms with Crippen molar-refractivity contribution in [1.29, 1.82) is 0 Å². The lowest BCUT2D eigenvalue weighted by Gasteiger charge is -2.19. The van der Waals surface area contributed by atoms with Crippen molar-refractivity contribution < 1.29 is 4.79 Å². The molecule has 24 heavy (non-hydrogen) atoms. The number of H-pyrrole nitrogens is 1. The topological polar surface area (TPSA) is 66.8 Å². The molecule has 1 aromatic carbocycles. The quantitative estimate of drug-likeness (QED) is 0.785. The molecule has 0 bridgehead atoms. The number of carbonyl (C=O) groups excluding carboxylic acids is 1. The Kier molecular flexibility index (Phi) is 3.65. The minimum Gasteiger partial charge on any atom is -0.340 e. The summed E-state index contributed by atoms with van der Waals surface area (Å²) in [5, 5.41) is 7.66. The second-order valence-electron chi connectivity index (χ2n) is 6.11. The standard InChI is InChI=1S/C18H19N5O/c1-22-11-16(19-12-22)18(24)23-9-7-14-15(8-10-23)20-21-17(14)13-5-3-2-4-6-13/h2-6,11-12H,7-10H2,1H3,(H,20,21). The Bertz CT molecular complexity index is 865. The lowest BCUT2D eigenvalue weighted by atomic mass is 10.0. The summed E-state index contributed by atoms with van der Waals surface area (Å²) in [4.78, 5) is 18.7. The molecule has 3 heterocycles. The molecule has 2 aromatic heterocycles. The van der Waals surface area contributed by atoms with Crippen molar-refractivity contribution in [2.45, 2.75) is 12.8 Å². The predicted octanol–water partition coefficient (Wildman–Crippen LogP) is 2.05. The van der Waals surface area contributed by atoms with Crippen LogP contribution in [0.5, 0.6) is 0 Å². The molecule has 0 saturated heterocycles. The summed E-state index contributed by atoms with van der Waals surface area (Å²) in [6, 6.07) is 10.2. The molecule has 3 aromatic rings. The number of imidazole rings is 1. The molecule has 4 rings (SSSR count). The second kappa shape index (κ2) is 5.96. The van der Waals surface area contributed by atoms with Gasteiger partial charge in [0, 0.05) is 49.6 Å². The lowest BCUT2D eigenvalue weighted by Crippen LogP contribution is -2.33. The van der Waals surface area contributed by atoms with E-state index in [1.165, 1.54) is 5.56 Å². The monoisotopic (exact) mass is 321 g/mol. The number of amides is 1. The molecule has 0 fully saturated rings. The van der Waals surface area contributed by atoms with Crippen LogP contribution in [0.4, 0.5) is 0 Å². The fourth-order valence-corrected chi connectivity index (χ4v) is 3.21. The molecule has 0 spiro atoms. The number of aromatic nitrogens is 4. The van der Waals surface area contributed by atoms with Crippen LogP contribution in [0.1, 0.15) is 21.7 Å². The molecule has 1 N–H and O–H groups in total. The van der Waals surface area contributed by atoms with E-state index in [9.17, 15) is 4.79 Å². The van der Waals surface area contributed by atoms with Crippen molar-refractivity contribution in [3.8, 4) is 11.3 Å². The maximum absolute atomic E-state index is 12.6. The third-order valence-corrected chi connectivity index (χ3v) is 4.47. The Morgan fingerprint density at radius 3 is 2.71 bits per heavy atom. The number of aromatic amines is 1. The van der Waals surface area contributed by atoms with Gasteiger partial charge in [0.2, 0.25) is 0 Å². The van der Waals surface area contributed by atoms with Crippen molar-refractivity contribution in [2.75, 3.05) is 13.1 Å². The van der Waals surface area contributed by atoms with Gasteiger partial charge in [-0.05, 0) is 6.42 Å². The van der Waals surface area contributed by atoms with Crippen molar-refractivity contribution in [3.63, 3.8) is 0 Å². The van der Waals surface area contributed by atoms with Gasteiger partial charge in [0.05, 0.1) is 12.0 Å². The summed E-state index contributed by atoms with van der Waals surface area (Å²) in [6.07, 6.45) is 5.01. The first-order valence-electron chi connectivity index (χ1n) is 8.11. The summed E-state index contributed by atoms with van der Waals surface area (Å²) < 4.78 is 1.80. The highest BCUT2D eigenvalue weighted by molar-refractivity contribution is 5.92. The molecule has 6 heteroatoms. The number of hydrogen-bond acceptors (Lipinski definition) is 3. The van der Waals surface area contributed by atoms with Gasteiger partial charge >= 0.3 is 0 Å². The molecule has 0 saturated carbocycles. The third-order valence-electron chi connectivity index (χ3n) is 4.47. The van der Waals surface area contributed by atoms with E-state index in [2.05, 4.69) is 27.3 Å². The first-order valence-corrected chi connectivity index (χ1v) is 8.11. The van der Waals surface area contributed by atoms with Gasteiger partial charge in [-0.2, -0.15) is 5.10 Å². The largest absolute Gasteiger partial charge is 0.340 e. The number of benzene rings is 1. The summed E-state index contributed by atoms with van der Waals surface area (Å²) in [5.74, 6) is -0.00465. The molecule has 0 radical (unpaired) electrons. The van der Waals surface area contributed by atoms with Crippen LogP contribution in [0.2, 0.25) is 0 Å². The molecule has 1 aliphatic rings. The van der Waals surface area contributed by atoms with Gasteiger partial charge in [0.15, 0.2) is 0 Å². The minimum atomic E-state index is -0.00465. The van der Waals surface area contributed by atoms with E-state index in [1.807, 2.05) is 30.1 Å². The Morgan fingerprint density at radius 2 is 1.96 bits per heavy atom. The van der Waals surface area contributed by atoms with Crippen molar-refractivity contribution in [3.05, 3.63) is 59.8 Å². The van der Waals surface area contributed by atoms with Crippen molar-refractivity contribution in [2.24, 2.45) is 7.05 Å². The average Bonchev–Trinajstić information content (AvgIpc) is 3.16. The Balaban J connectivity index is 1.57. The third kappa shape index (κ3) is 2.60. The van der Waals surface area contributed by atoms with Gasteiger partial charge in [-0.15, -0.1) is 0 Å². The van der Waals surface area contributed by atoms with Crippen molar-refractivity contribution >= 4 is 5.91 Å². The van der Waals surface area contributed by atoms with E-state index < -0.39 is 0 Å². The number of nitrogens with one attached hydrogen (secondary N) is 1. The van der Waals surface area contributed by atoms with Crippen LogP contribution in [0, 0.1) is 0 Å². The summed E-state index contributed by atoms with van der Waals surface area (Å²) in [5.41, 5.74) is 4.96. The van der Waals surface area contributed by atoms with Crippen LogP contribution in [0.15, 0.2) is 42.9 Å². The molecule has 6 nitrogen and oxygen atoms in total. The Labute approximate surface area is 140 Å². The molecule has 0 atom stereocenters. The lowest BCUT2D eigenvalue weighted by molar-refractivity contribution is 0.0757. The normalized spacial score (nSPS) is 14.3. The van der Waals surface area contributed by atoms with E-state index in [1.54, 1.807) is 17.1 Å². The van der Waals surface area contributed by atoms with E-state index >= 15 is 0 Å². The number of rotatable bonds is 2. The molecule has 122 valence electrons. The SMILES string of the molecule is Cn1cnc(C(=O)N2CCc3[nH]nc(-c4ccccc4)c3CC2)c1. The van der Waals surface area contributed by atoms with Crippen LogP contribution in [0.25, 0.3) is 11.3 Å². The van der Waals surface area contributed by atoms with Gasteiger partial charge in [-0.25, -0.2) is 4.98 Å². The Morgan fingerprint density at radius 1 is 1.17 bits per heavy atom. The van der Waals surface area contributed by atoms with Crippen LogP contribution < -0.4 is 0 Å². The van der Waals surface area contributed by atoms with Crippen LogP contribution in [-0.4, -0.2) is 43.6 Å².